The Balaban J connectivity index is 1.65. The van der Waals surface area contributed by atoms with E-state index < -0.39 is 0 Å². The maximum atomic E-state index is 12.4. The van der Waals surface area contributed by atoms with E-state index in [1.54, 1.807) is 17.8 Å². The molecule has 0 saturated carbocycles. The third-order valence-electron chi connectivity index (χ3n) is 3.76. The van der Waals surface area contributed by atoms with Gasteiger partial charge >= 0.3 is 0 Å². The molecule has 1 N–H and O–H groups in total. The summed E-state index contributed by atoms with van der Waals surface area (Å²) in [7, 11) is 1.64. The van der Waals surface area contributed by atoms with E-state index in [1.807, 2.05) is 24.5 Å². The molecule has 132 valence electrons. The van der Waals surface area contributed by atoms with Gasteiger partial charge in [-0.25, -0.2) is 4.98 Å². The fraction of sp³-hybridized carbons (Fsp3) is 0.467. The molecule has 3 heterocycles. The van der Waals surface area contributed by atoms with Crippen LogP contribution in [0.5, 0.6) is 0 Å². The Kier molecular flexibility index (Phi) is 4.98. The summed E-state index contributed by atoms with van der Waals surface area (Å²) in [5, 5.41) is 18.7. The first kappa shape index (κ1) is 17.0. The van der Waals surface area contributed by atoms with Crippen LogP contribution in [0.4, 0.5) is 0 Å². The molecule has 3 rings (SSSR count). The quantitative estimate of drug-likeness (QED) is 0.639. The number of carbonyl (C=O) groups excluding carboxylic acids is 1. The molecule has 0 aromatic carbocycles. The number of methoxy groups -OCH3 is 1. The SMILES string of the molecule is COCCn1cnnc1CCNC(=O)c1nnc2nc(C)cc(C)n12. The molecular weight excluding hydrogens is 324 g/mol. The number of carbonyl (C=O) groups is 1. The van der Waals surface area contributed by atoms with Gasteiger partial charge in [0.25, 0.3) is 11.7 Å². The first-order valence-corrected chi connectivity index (χ1v) is 7.93. The molecule has 0 fully saturated rings. The number of nitrogens with one attached hydrogen (secondary N) is 1. The summed E-state index contributed by atoms with van der Waals surface area (Å²) < 4.78 is 8.60. The van der Waals surface area contributed by atoms with Crippen molar-refractivity contribution in [3.05, 3.63) is 35.4 Å². The van der Waals surface area contributed by atoms with E-state index >= 15 is 0 Å². The van der Waals surface area contributed by atoms with Crippen LogP contribution < -0.4 is 5.32 Å². The molecule has 0 aliphatic carbocycles. The topological polar surface area (TPSA) is 112 Å². The summed E-state index contributed by atoms with van der Waals surface area (Å²) in [6, 6.07) is 1.88. The first-order valence-electron chi connectivity index (χ1n) is 7.93. The second kappa shape index (κ2) is 7.34. The third-order valence-corrected chi connectivity index (χ3v) is 3.76. The Bertz CT molecular complexity index is 885. The summed E-state index contributed by atoms with van der Waals surface area (Å²) in [6.45, 7) is 5.43. The maximum absolute atomic E-state index is 12.4. The van der Waals surface area contributed by atoms with Crippen LogP contribution in [-0.4, -0.2) is 60.5 Å². The van der Waals surface area contributed by atoms with E-state index in [0.717, 1.165) is 17.2 Å². The van der Waals surface area contributed by atoms with Gasteiger partial charge in [-0.2, -0.15) is 0 Å². The molecule has 10 nitrogen and oxygen atoms in total. The van der Waals surface area contributed by atoms with Gasteiger partial charge in [0, 0.05) is 38.0 Å². The number of nitrogens with zero attached hydrogens (tertiary/aromatic N) is 7. The zero-order chi connectivity index (χ0) is 17.8. The number of hydrogen-bond donors (Lipinski definition) is 1. The number of fused-ring (bicyclic) bond motifs is 1. The number of hydrogen-bond acceptors (Lipinski definition) is 7. The van der Waals surface area contributed by atoms with E-state index in [2.05, 4.69) is 30.7 Å². The molecule has 0 unspecified atom stereocenters. The Morgan fingerprint density at radius 1 is 1.28 bits per heavy atom. The minimum atomic E-state index is -0.302. The highest BCUT2D eigenvalue weighted by atomic mass is 16.5. The molecule has 25 heavy (non-hydrogen) atoms. The molecular formula is C15H20N8O2. The van der Waals surface area contributed by atoms with Crippen LogP contribution in [0.3, 0.4) is 0 Å². The molecule has 0 bridgehead atoms. The van der Waals surface area contributed by atoms with Crippen LogP contribution in [0, 0.1) is 13.8 Å². The van der Waals surface area contributed by atoms with E-state index in [4.69, 9.17) is 4.74 Å². The van der Waals surface area contributed by atoms with Crippen molar-refractivity contribution < 1.29 is 9.53 Å². The Labute approximate surface area is 144 Å². The highest BCUT2D eigenvalue weighted by Crippen LogP contribution is 2.08. The number of aromatic nitrogens is 7. The van der Waals surface area contributed by atoms with Crippen LogP contribution in [-0.2, 0) is 17.7 Å². The summed E-state index contributed by atoms with van der Waals surface area (Å²) >= 11 is 0. The fourth-order valence-electron chi connectivity index (χ4n) is 2.59. The van der Waals surface area contributed by atoms with Crippen molar-refractivity contribution in [2.75, 3.05) is 20.3 Å². The van der Waals surface area contributed by atoms with Gasteiger partial charge in [-0.3, -0.25) is 9.20 Å². The number of rotatable bonds is 7. The Morgan fingerprint density at radius 3 is 2.92 bits per heavy atom. The molecule has 0 spiro atoms. The lowest BCUT2D eigenvalue weighted by Crippen LogP contribution is -2.28. The average molecular weight is 344 g/mol. The number of amides is 1. The van der Waals surface area contributed by atoms with Crippen molar-refractivity contribution in [3.8, 4) is 0 Å². The molecule has 0 aliphatic rings. The predicted molar refractivity (Wildman–Crippen MR) is 88.2 cm³/mol. The van der Waals surface area contributed by atoms with Crippen LogP contribution in [0.15, 0.2) is 12.4 Å². The predicted octanol–water partition coefficient (Wildman–Crippen LogP) is -0.0485. The van der Waals surface area contributed by atoms with Gasteiger partial charge in [0.15, 0.2) is 0 Å². The van der Waals surface area contributed by atoms with Gasteiger partial charge in [0.1, 0.15) is 12.2 Å². The molecule has 1 amide bonds. The second-order valence-electron chi connectivity index (χ2n) is 5.64. The van der Waals surface area contributed by atoms with E-state index in [0.29, 0.717) is 31.9 Å². The molecule has 0 aliphatic heterocycles. The first-order chi connectivity index (χ1) is 12.1. The summed E-state index contributed by atoms with van der Waals surface area (Å²) in [5.41, 5.74) is 1.69. The second-order valence-corrected chi connectivity index (χ2v) is 5.64. The van der Waals surface area contributed by atoms with Crippen molar-refractivity contribution in [2.24, 2.45) is 0 Å². The highest BCUT2D eigenvalue weighted by Gasteiger charge is 2.17. The van der Waals surface area contributed by atoms with Crippen molar-refractivity contribution in [1.29, 1.82) is 0 Å². The van der Waals surface area contributed by atoms with Crippen LogP contribution >= 0.6 is 0 Å². The highest BCUT2D eigenvalue weighted by molar-refractivity contribution is 5.91. The summed E-state index contributed by atoms with van der Waals surface area (Å²) in [5.74, 6) is 1.13. The lowest BCUT2D eigenvalue weighted by atomic mass is 10.3. The molecule has 10 heteroatoms. The van der Waals surface area contributed by atoms with Crippen LogP contribution in [0.2, 0.25) is 0 Å². The zero-order valence-electron chi connectivity index (χ0n) is 14.4. The molecule has 0 atom stereocenters. The van der Waals surface area contributed by atoms with Gasteiger partial charge in [-0.15, -0.1) is 20.4 Å². The normalized spacial score (nSPS) is 11.2. The lowest BCUT2D eigenvalue weighted by molar-refractivity contribution is 0.0942. The van der Waals surface area contributed by atoms with Gasteiger partial charge in [-0.05, 0) is 19.9 Å². The average Bonchev–Trinajstić information content (AvgIpc) is 3.19. The van der Waals surface area contributed by atoms with Gasteiger partial charge in [0.2, 0.25) is 5.82 Å². The number of ether oxygens (including phenoxy) is 1. The third kappa shape index (κ3) is 3.63. The molecule has 3 aromatic rings. The standard InChI is InChI=1S/C15H20N8O2/c1-10-8-11(2)23-13(20-21-15(23)18-10)14(24)16-5-4-12-19-17-9-22(12)6-7-25-3/h8-9H,4-7H2,1-3H3,(H,16,24). The largest absolute Gasteiger partial charge is 0.383 e. The Morgan fingerprint density at radius 2 is 2.12 bits per heavy atom. The van der Waals surface area contributed by atoms with Crippen LogP contribution in [0.25, 0.3) is 5.78 Å². The Hall–Kier alpha value is -2.88. The minimum Gasteiger partial charge on any atom is -0.383 e. The van der Waals surface area contributed by atoms with Gasteiger partial charge in [0.05, 0.1) is 6.61 Å². The van der Waals surface area contributed by atoms with Gasteiger partial charge < -0.3 is 14.6 Å². The van der Waals surface area contributed by atoms with Gasteiger partial charge in [-0.1, -0.05) is 0 Å². The van der Waals surface area contributed by atoms with E-state index in [9.17, 15) is 4.79 Å². The molecule has 3 aromatic heterocycles. The molecule has 0 saturated heterocycles. The minimum absolute atomic E-state index is 0.223. The summed E-state index contributed by atoms with van der Waals surface area (Å²) in [4.78, 5) is 16.7. The van der Waals surface area contributed by atoms with Crippen molar-refractivity contribution >= 4 is 11.7 Å². The fourth-order valence-corrected chi connectivity index (χ4v) is 2.59. The van der Waals surface area contributed by atoms with Crippen molar-refractivity contribution in [2.45, 2.75) is 26.8 Å². The summed E-state index contributed by atoms with van der Waals surface area (Å²) in [6.07, 6.45) is 2.21. The molecule has 0 radical (unpaired) electrons. The van der Waals surface area contributed by atoms with E-state index in [1.165, 1.54) is 0 Å². The van der Waals surface area contributed by atoms with Crippen molar-refractivity contribution in [1.82, 2.24) is 39.7 Å². The smallest absolute Gasteiger partial charge is 0.289 e. The lowest BCUT2D eigenvalue weighted by Gasteiger charge is -2.07. The monoisotopic (exact) mass is 344 g/mol. The van der Waals surface area contributed by atoms with E-state index in [-0.39, 0.29) is 11.7 Å². The zero-order valence-corrected chi connectivity index (χ0v) is 14.4. The maximum Gasteiger partial charge on any atom is 0.289 e. The van der Waals surface area contributed by atoms with Crippen molar-refractivity contribution in [3.63, 3.8) is 0 Å². The number of aryl methyl sites for hydroxylation is 2. The van der Waals surface area contributed by atoms with Crippen LogP contribution in [0.1, 0.15) is 27.8 Å².